The lowest BCUT2D eigenvalue weighted by Crippen LogP contribution is -2.40. The molecule has 2 heteroatoms. The van der Waals surface area contributed by atoms with Gasteiger partial charge < -0.3 is 4.90 Å². The first-order valence-electron chi connectivity index (χ1n) is 8.98. The molecule has 0 spiro atoms. The lowest BCUT2D eigenvalue weighted by atomic mass is 9.73. The smallest absolute Gasteiger partial charge is 0.160 e. The minimum Gasteiger partial charge on any atom is -0.371 e. The molecule has 1 heterocycles. The van der Waals surface area contributed by atoms with E-state index in [0.717, 1.165) is 29.8 Å². The second kappa shape index (κ2) is 7.33. The van der Waals surface area contributed by atoms with E-state index in [4.69, 9.17) is 0 Å². The fourth-order valence-corrected chi connectivity index (χ4v) is 3.94. The molecule has 0 aromatic heterocycles. The summed E-state index contributed by atoms with van der Waals surface area (Å²) in [5.41, 5.74) is 4.52. The maximum Gasteiger partial charge on any atom is 0.160 e. The van der Waals surface area contributed by atoms with Gasteiger partial charge in [-0.2, -0.15) is 0 Å². The van der Waals surface area contributed by atoms with E-state index >= 15 is 0 Å². The molecule has 0 bridgehead atoms. The Morgan fingerprint density at radius 2 is 1.83 bits per heavy atom. The Balaban J connectivity index is 2.19. The van der Waals surface area contributed by atoms with Gasteiger partial charge in [-0.1, -0.05) is 38.8 Å². The number of Topliss-reactive ketones (excluding diaryl/α,β-unsaturated/α-hetero) is 1. The zero-order chi connectivity index (χ0) is 17.0. The van der Waals surface area contributed by atoms with E-state index in [0.29, 0.717) is 5.41 Å². The van der Waals surface area contributed by atoms with Crippen LogP contribution >= 0.6 is 0 Å². The number of ketones is 1. The number of allylic oxidation sites excluding steroid dienone is 1. The molecule has 0 atom stereocenters. The molecule has 126 valence electrons. The molecule has 0 N–H and O–H groups in total. The first kappa shape index (κ1) is 17.8. The van der Waals surface area contributed by atoms with Gasteiger partial charge in [-0.25, -0.2) is 0 Å². The number of hydrogen-bond acceptors (Lipinski definition) is 2. The number of carbonyl (C=O) groups is 1. The summed E-state index contributed by atoms with van der Waals surface area (Å²) >= 11 is 0. The molecule has 1 fully saturated rings. The fraction of sp³-hybridized carbons (Fsp3) is 0.571. The summed E-state index contributed by atoms with van der Waals surface area (Å²) in [6.45, 7) is 14.5. The molecule has 2 nitrogen and oxygen atoms in total. The van der Waals surface area contributed by atoms with Crippen molar-refractivity contribution in [1.29, 1.82) is 0 Å². The largest absolute Gasteiger partial charge is 0.371 e. The summed E-state index contributed by atoms with van der Waals surface area (Å²) in [6, 6.07) is 6.22. The number of nitrogens with zero attached hydrogens (tertiary/aromatic N) is 1. The molecule has 1 saturated heterocycles. The highest BCUT2D eigenvalue weighted by molar-refractivity contribution is 5.99. The topological polar surface area (TPSA) is 20.3 Å². The summed E-state index contributed by atoms with van der Waals surface area (Å²) in [4.78, 5) is 14.3. The third-order valence-corrected chi connectivity index (χ3v) is 5.56. The molecule has 1 aromatic rings. The molecule has 23 heavy (non-hydrogen) atoms. The molecule has 0 aliphatic carbocycles. The standard InChI is InChI=1S/C21H31NO/c1-6-10-21(7-2)11-13-22(14-12-21)18-8-9-19(17(5)23)20(15-18)16(3)4/h8-9,15H,3,6-7,10-14H2,1-2,4-5H3. The maximum absolute atomic E-state index is 11.8. The van der Waals surface area contributed by atoms with Crippen LogP contribution in [0.4, 0.5) is 5.69 Å². The number of hydrogen-bond donors (Lipinski definition) is 0. The average Bonchev–Trinajstić information content (AvgIpc) is 2.55. The van der Waals surface area contributed by atoms with Crippen molar-refractivity contribution < 1.29 is 4.79 Å². The van der Waals surface area contributed by atoms with Crippen molar-refractivity contribution in [3.8, 4) is 0 Å². The summed E-state index contributed by atoms with van der Waals surface area (Å²) in [6.07, 6.45) is 6.45. The van der Waals surface area contributed by atoms with Crippen molar-refractivity contribution in [1.82, 2.24) is 0 Å². The lowest BCUT2D eigenvalue weighted by molar-refractivity contribution is 0.101. The van der Waals surface area contributed by atoms with Crippen LogP contribution in [0.5, 0.6) is 0 Å². The molecule has 1 aliphatic heterocycles. The molecule has 0 amide bonds. The number of anilines is 1. The van der Waals surface area contributed by atoms with Crippen LogP contribution in [-0.4, -0.2) is 18.9 Å². The predicted octanol–water partition coefficient (Wildman–Crippen LogP) is 5.72. The van der Waals surface area contributed by atoms with Crippen LogP contribution in [0.1, 0.15) is 75.7 Å². The second-order valence-electron chi connectivity index (χ2n) is 7.16. The Bertz CT molecular complexity index is 580. The van der Waals surface area contributed by atoms with Crippen molar-refractivity contribution in [3.63, 3.8) is 0 Å². The van der Waals surface area contributed by atoms with E-state index in [1.807, 2.05) is 13.0 Å². The van der Waals surface area contributed by atoms with E-state index < -0.39 is 0 Å². The molecule has 1 aliphatic rings. The molecule has 1 aromatic carbocycles. The van der Waals surface area contributed by atoms with Gasteiger partial charge in [0, 0.05) is 24.3 Å². The van der Waals surface area contributed by atoms with Crippen LogP contribution in [0.25, 0.3) is 5.57 Å². The number of benzene rings is 1. The zero-order valence-electron chi connectivity index (χ0n) is 15.2. The summed E-state index contributed by atoms with van der Waals surface area (Å²) < 4.78 is 0. The molecular weight excluding hydrogens is 282 g/mol. The predicted molar refractivity (Wildman–Crippen MR) is 100 cm³/mol. The molecule has 0 saturated carbocycles. The Morgan fingerprint density at radius 1 is 1.17 bits per heavy atom. The van der Waals surface area contributed by atoms with Gasteiger partial charge in [0.1, 0.15) is 0 Å². The second-order valence-corrected chi connectivity index (χ2v) is 7.16. The third-order valence-electron chi connectivity index (χ3n) is 5.56. The van der Waals surface area contributed by atoms with Crippen molar-refractivity contribution in [2.45, 2.75) is 59.8 Å². The van der Waals surface area contributed by atoms with Crippen LogP contribution < -0.4 is 4.90 Å². The Labute approximate surface area is 141 Å². The Hall–Kier alpha value is -1.57. The monoisotopic (exact) mass is 313 g/mol. The first-order valence-corrected chi connectivity index (χ1v) is 8.98. The van der Waals surface area contributed by atoms with Gasteiger partial charge in [-0.15, -0.1) is 0 Å². The van der Waals surface area contributed by atoms with Gasteiger partial charge >= 0.3 is 0 Å². The number of piperidine rings is 1. The lowest BCUT2D eigenvalue weighted by Gasteiger charge is -2.42. The quantitative estimate of drug-likeness (QED) is 0.626. The van der Waals surface area contributed by atoms with E-state index in [1.54, 1.807) is 6.92 Å². The highest BCUT2D eigenvalue weighted by atomic mass is 16.1. The highest BCUT2D eigenvalue weighted by Crippen LogP contribution is 2.40. The van der Waals surface area contributed by atoms with Crippen LogP contribution in [0, 0.1) is 5.41 Å². The van der Waals surface area contributed by atoms with Gasteiger partial charge in [-0.05, 0) is 62.3 Å². The third kappa shape index (κ3) is 3.85. The number of carbonyl (C=O) groups excluding carboxylic acids is 1. The molecule has 0 radical (unpaired) electrons. The van der Waals surface area contributed by atoms with Gasteiger partial charge in [0.15, 0.2) is 5.78 Å². The summed E-state index contributed by atoms with van der Waals surface area (Å²) in [5, 5.41) is 0. The Morgan fingerprint density at radius 3 is 2.30 bits per heavy atom. The van der Waals surface area contributed by atoms with Crippen LogP contribution in [0.2, 0.25) is 0 Å². The van der Waals surface area contributed by atoms with Crippen LogP contribution in [0.15, 0.2) is 24.8 Å². The fourth-order valence-electron chi connectivity index (χ4n) is 3.94. The zero-order valence-corrected chi connectivity index (χ0v) is 15.2. The SMILES string of the molecule is C=C(C)c1cc(N2CCC(CC)(CCC)CC2)ccc1C(C)=O. The highest BCUT2D eigenvalue weighted by Gasteiger charge is 2.32. The molecule has 2 rings (SSSR count). The molecule has 0 unspecified atom stereocenters. The van der Waals surface area contributed by atoms with E-state index in [1.165, 1.54) is 37.8 Å². The van der Waals surface area contributed by atoms with E-state index in [-0.39, 0.29) is 5.78 Å². The minimum absolute atomic E-state index is 0.112. The van der Waals surface area contributed by atoms with Gasteiger partial charge in [0.25, 0.3) is 0 Å². The maximum atomic E-state index is 11.8. The van der Waals surface area contributed by atoms with Crippen molar-refractivity contribution in [2.24, 2.45) is 5.41 Å². The minimum atomic E-state index is 0.112. The van der Waals surface area contributed by atoms with Crippen molar-refractivity contribution >= 4 is 17.0 Å². The first-order chi connectivity index (χ1) is 10.9. The van der Waals surface area contributed by atoms with Crippen molar-refractivity contribution in [3.05, 3.63) is 35.9 Å². The van der Waals surface area contributed by atoms with Crippen LogP contribution in [0.3, 0.4) is 0 Å². The average molecular weight is 313 g/mol. The summed E-state index contributed by atoms with van der Waals surface area (Å²) in [7, 11) is 0. The normalized spacial score (nSPS) is 17.1. The van der Waals surface area contributed by atoms with Gasteiger partial charge in [0.2, 0.25) is 0 Å². The van der Waals surface area contributed by atoms with E-state index in [9.17, 15) is 4.79 Å². The number of rotatable bonds is 6. The van der Waals surface area contributed by atoms with Crippen molar-refractivity contribution in [2.75, 3.05) is 18.0 Å². The van der Waals surface area contributed by atoms with Crippen LogP contribution in [-0.2, 0) is 0 Å². The summed E-state index contributed by atoms with van der Waals surface area (Å²) in [5.74, 6) is 0.112. The van der Waals surface area contributed by atoms with Gasteiger partial charge in [-0.3, -0.25) is 4.79 Å². The molecular formula is C21H31NO. The van der Waals surface area contributed by atoms with E-state index in [2.05, 4.69) is 37.5 Å². The Kier molecular flexibility index (Phi) is 5.67. The van der Waals surface area contributed by atoms with Gasteiger partial charge in [0.05, 0.1) is 0 Å².